The molecule has 1 saturated carbocycles. The number of hydrogen-bond acceptors (Lipinski definition) is 4. The van der Waals surface area contributed by atoms with Crippen LogP contribution in [0.25, 0.3) is 0 Å². The quantitative estimate of drug-likeness (QED) is 0.772. The van der Waals surface area contributed by atoms with Gasteiger partial charge in [0.25, 0.3) is 0 Å². The van der Waals surface area contributed by atoms with Gasteiger partial charge in [-0.1, -0.05) is 12.1 Å². The van der Waals surface area contributed by atoms with Crippen molar-refractivity contribution in [3.63, 3.8) is 0 Å². The second-order valence-electron chi connectivity index (χ2n) is 6.98. The molecule has 3 rings (SSSR count). The molecule has 1 saturated heterocycles. The SMILES string of the molecule is CC(=O)c1ccccc1NC(=O)CN1CCC(NC(=O)C2CC2)CC1. The van der Waals surface area contributed by atoms with E-state index in [9.17, 15) is 14.4 Å². The number of ketones is 1. The maximum absolute atomic E-state index is 12.3. The predicted molar refractivity (Wildman–Crippen MR) is 95.4 cm³/mol. The van der Waals surface area contributed by atoms with Crippen molar-refractivity contribution < 1.29 is 14.4 Å². The number of piperidine rings is 1. The van der Waals surface area contributed by atoms with Gasteiger partial charge in [0.1, 0.15) is 0 Å². The molecular weight excluding hydrogens is 318 g/mol. The molecule has 2 amide bonds. The monoisotopic (exact) mass is 343 g/mol. The normalized spacial score (nSPS) is 18.6. The molecule has 0 spiro atoms. The number of Topliss-reactive ketones (excluding diaryl/α,β-unsaturated/α-hetero) is 1. The van der Waals surface area contributed by atoms with Crippen LogP contribution < -0.4 is 10.6 Å². The molecule has 134 valence electrons. The summed E-state index contributed by atoms with van der Waals surface area (Å²) in [6, 6.07) is 7.27. The minimum atomic E-state index is -0.117. The highest BCUT2D eigenvalue weighted by molar-refractivity contribution is 6.04. The molecule has 1 aliphatic carbocycles. The maximum atomic E-state index is 12.3. The van der Waals surface area contributed by atoms with Gasteiger partial charge >= 0.3 is 0 Å². The average molecular weight is 343 g/mol. The van der Waals surface area contributed by atoms with E-state index in [2.05, 4.69) is 15.5 Å². The van der Waals surface area contributed by atoms with Crippen molar-refractivity contribution in [2.75, 3.05) is 25.0 Å². The van der Waals surface area contributed by atoms with Crippen LogP contribution in [-0.2, 0) is 9.59 Å². The van der Waals surface area contributed by atoms with Gasteiger partial charge < -0.3 is 10.6 Å². The molecule has 2 N–H and O–H groups in total. The number of carbonyl (C=O) groups excluding carboxylic acids is 3. The lowest BCUT2D eigenvalue weighted by Crippen LogP contribution is -2.46. The van der Waals surface area contributed by atoms with Gasteiger partial charge in [-0.2, -0.15) is 0 Å². The Morgan fingerprint density at radius 1 is 1.08 bits per heavy atom. The van der Waals surface area contributed by atoms with Crippen LogP contribution in [0.3, 0.4) is 0 Å². The van der Waals surface area contributed by atoms with Crippen molar-refractivity contribution in [1.29, 1.82) is 0 Å². The molecule has 2 fully saturated rings. The van der Waals surface area contributed by atoms with Crippen LogP contribution in [0.1, 0.15) is 43.0 Å². The molecule has 1 aromatic carbocycles. The first kappa shape index (κ1) is 17.6. The molecule has 6 nitrogen and oxygen atoms in total. The van der Waals surface area contributed by atoms with Crippen LogP contribution in [0.2, 0.25) is 0 Å². The Bertz CT molecular complexity index is 662. The van der Waals surface area contributed by atoms with Crippen LogP contribution in [0.15, 0.2) is 24.3 Å². The van der Waals surface area contributed by atoms with E-state index >= 15 is 0 Å². The van der Waals surface area contributed by atoms with Crippen LogP contribution >= 0.6 is 0 Å². The summed E-state index contributed by atoms with van der Waals surface area (Å²) in [5.41, 5.74) is 1.09. The van der Waals surface area contributed by atoms with Gasteiger partial charge in [0.15, 0.2) is 5.78 Å². The first-order valence-corrected chi connectivity index (χ1v) is 8.95. The summed E-state index contributed by atoms with van der Waals surface area (Å²) in [6.45, 7) is 3.37. The molecule has 2 aliphatic rings. The number of amides is 2. The van der Waals surface area contributed by atoms with Crippen LogP contribution in [0, 0.1) is 5.92 Å². The largest absolute Gasteiger partial charge is 0.353 e. The molecule has 0 aromatic heterocycles. The van der Waals surface area contributed by atoms with Gasteiger partial charge in [-0.05, 0) is 44.7 Å². The number of benzene rings is 1. The van der Waals surface area contributed by atoms with Crippen molar-refractivity contribution in [2.24, 2.45) is 5.92 Å². The number of anilines is 1. The third kappa shape index (κ3) is 4.89. The van der Waals surface area contributed by atoms with Gasteiger partial charge in [-0.3, -0.25) is 19.3 Å². The fourth-order valence-electron chi connectivity index (χ4n) is 3.19. The van der Waals surface area contributed by atoms with E-state index in [4.69, 9.17) is 0 Å². The number of nitrogens with one attached hydrogen (secondary N) is 2. The van der Waals surface area contributed by atoms with E-state index in [1.807, 2.05) is 0 Å². The van der Waals surface area contributed by atoms with Crippen molar-refractivity contribution in [3.8, 4) is 0 Å². The maximum Gasteiger partial charge on any atom is 0.238 e. The summed E-state index contributed by atoms with van der Waals surface area (Å²) >= 11 is 0. The van der Waals surface area contributed by atoms with Crippen molar-refractivity contribution in [3.05, 3.63) is 29.8 Å². The van der Waals surface area contributed by atoms with Crippen LogP contribution in [0.4, 0.5) is 5.69 Å². The standard InChI is InChI=1S/C19H25N3O3/c1-13(23)16-4-2-3-5-17(16)21-18(24)12-22-10-8-15(9-11-22)20-19(25)14-6-7-14/h2-5,14-15H,6-12H2,1H3,(H,20,25)(H,21,24). The zero-order valence-corrected chi connectivity index (χ0v) is 14.6. The molecule has 6 heteroatoms. The Hall–Kier alpha value is -2.21. The molecule has 1 aromatic rings. The number of hydrogen-bond donors (Lipinski definition) is 2. The Morgan fingerprint density at radius 3 is 2.40 bits per heavy atom. The molecule has 0 atom stereocenters. The smallest absolute Gasteiger partial charge is 0.238 e. The van der Waals surface area contributed by atoms with Crippen LogP contribution in [-0.4, -0.2) is 48.2 Å². The molecule has 1 aliphatic heterocycles. The lowest BCUT2D eigenvalue weighted by Gasteiger charge is -2.31. The lowest BCUT2D eigenvalue weighted by atomic mass is 10.0. The molecule has 0 radical (unpaired) electrons. The molecule has 0 bridgehead atoms. The molecule has 1 heterocycles. The second kappa shape index (κ2) is 7.78. The minimum absolute atomic E-state index is 0.0666. The Labute approximate surface area is 148 Å². The number of carbonyl (C=O) groups is 3. The second-order valence-corrected chi connectivity index (χ2v) is 6.98. The fourth-order valence-corrected chi connectivity index (χ4v) is 3.19. The molecular formula is C19H25N3O3. The van der Waals surface area contributed by atoms with Gasteiger partial charge in [0.2, 0.25) is 11.8 Å². The molecule has 0 unspecified atom stereocenters. The zero-order chi connectivity index (χ0) is 17.8. The molecule has 25 heavy (non-hydrogen) atoms. The van der Waals surface area contributed by atoms with Crippen molar-refractivity contribution >= 4 is 23.3 Å². The van der Waals surface area contributed by atoms with E-state index in [1.54, 1.807) is 24.3 Å². The third-order valence-electron chi connectivity index (χ3n) is 4.83. The van der Waals surface area contributed by atoms with Crippen molar-refractivity contribution in [1.82, 2.24) is 10.2 Å². The first-order chi connectivity index (χ1) is 12.0. The summed E-state index contributed by atoms with van der Waals surface area (Å²) in [7, 11) is 0. The summed E-state index contributed by atoms with van der Waals surface area (Å²) in [5.74, 6) is 0.250. The van der Waals surface area contributed by atoms with Crippen LogP contribution in [0.5, 0.6) is 0 Å². The fraction of sp³-hybridized carbons (Fsp3) is 0.526. The van der Waals surface area contributed by atoms with Gasteiger partial charge in [0, 0.05) is 30.6 Å². The van der Waals surface area contributed by atoms with E-state index < -0.39 is 0 Å². The first-order valence-electron chi connectivity index (χ1n) is 8.95. The lowest BCUT2D eigenvalue weighted by molar-refractivity contribution is -0.123. The zero-order valence-electron chi connectivity index (χ0n) is 14.6. The highest BCUT2D eigenvalue weighted by atomic mass is 16.2. The average Bonchev–Trinajstić information content (AvgIpc) is 3.42. The van der Waals surface area contributed by atoms with Gasteiger partial charge in [-0.25, -0.2) is 0 Å². The summed E-state index contributed by atoms with van der Waals surface area (Å²) in [4.78, 5) is 37.8. The predicted octanol–water partition coefficient (Wildman–Crippen LogP) is 1.82. The Balaban J connectivity index is 1.45. The summed E-state index contributed by atoms with van der Waals surface area (Å²) < 4.78 is 0. The highest BCUT2D eigenvalue weighted by Crippen LogP contribution is 2.29. The Kier molecular flexibility index (Phi) is 5.48. The summed E-state index contributed by atoms with van der Waals surface area (Å²) in [6.07, 6.45) is 3.78. The highest BCUT2D eigenvalue weighted by Gasteiger charge is 2.31. The van der Waals surface area contributed by atoms with E-state index in [0.717, 1.165) is 38.8 Å². The van der Waals surface area contributed by atoms with E-state index in [1.165, 1.54) is 6.92 Å². The number of para-hydroxylation sites is 1. The Morgan fingerprint density at radius 2 is 1.76 bits per heavy atom. The van der Waals surface area contributed by atoms with E-state index in [-0.39, 0.29) is 29.6 Å². The van der Waals surface area contributed by atoms with Gasteiger partial charge in [0.05, 0.1) is 12.2 Å². The topological polar surface area (TPSA) is 78.5 Å². The number of nitrogens with zero attached hydrogens (tertiary/aromatic N) is 1. The number of likely N-dealkylation sites (tertiary alicyclic amines) is 1. The number of rotatable bonds is 6. The van der Waals surface area contributed by atoms with Crippen molar-refractivity contribution in [2.45, 2.75) is 38.6 Å². The minimum Gasteiger partial charge on any atom is -0.353 e. The van der Waals surface area contributed by atoms with E-state index in [0.29, 0.717) is 17.8 Å². The third-order valence-corrected chi connectivity index (χ3v) is 4.83. The summed E-state index contributed by atoms with van der Waals surface area (Å²) in [5, 5.41) is 5.95. The van der Waals surface area contributed by atoms with Gasteiger partial charge in [-0.15, -0.1) is 0 Å².